The molecule has 2 N–H and O–H groups in total. The number of para-hydroxylation sites is 1. The Labute approximate surface area is 176 Å². The van der Waals surface area contributed by atoms with Gasteiger partial charge in [0.25, 0.3) is 11.9 Å². The molecule has 1 atom stereocenters. The summed E-state index contributed by atoms with van der Waals surface area (Å²) in [5.41, 5.74) is 0.930. The summed E-state index contributed by atoms with van der Waals surface area (Å²) in [6, 6.07) is 7.25. The molecule has 0 aliphatic rings. The van der Waals surface area contributed by atoms with Crippen LogP contribution in [0.1, 0.15) is 41.7 Å². The average molecular weight is 437 g/mol. The topological polar surface area (TPSA) is 111 Å². The van der Waals surface area contributed by atoms with Crippen molar-refractivity contribution < 1.29 is 22.7 Å². The van der Waals surface area contributed by atoms with Crippen molar-refractivity contribution in [3.63, 3.8) is 0 Å². The first kappa shape index (κ1) is 22.2. The number of halogens is 3. The van der Waals surface area contributed by atoms with E-state index in [1.54, 1.807) is 7.11 Å². The van der Waals surface area contributed by atoms with Gasteiger partial charge in [-0.25, -0.2) is 4.98 Å². The van der Waals surface area contributed by atoms with Gasteiger partial charge in [0.05, 0.1) is 7.11 Å². The number of aromatic nitrogens is 6. The molecule has 0 saturated carbocycles. The monoisotopic (exact) mass is 437 g/mol. The molecular formula is C19H22F3N7O2. The number of hydrogen-bond acceptors (Lipinski definition) is 6. The van der Waals surface area contributed by atoms with Gasteiger partial charge in [-0.3, -0.25) is 9.89 Å². The number of nitrogens with one attached hydrogen (secondary N) is 2. The number of carbonyl (C=O) groups is 1. The zero-order valence-electron chi connectivity index (χ0n) is 17.4. The zero-order chi connectivity index (χ0) is 22.8. The molecule has 0 fully saturated rings. The Kier molecular flexibility index (Phi) is 6.27. The van der Waals surface area contributed by atoms with Crippen molar-refractivity contribution in [1.82, 2.24) is 35.3 Å². The number of benzene rings is 1. The lowest BCUT2D eigenvalue weighted by molar-refractivity contribution is -0.144. The summed E-state index contributed by atoms with van der Waals surface area (Å²) in [5.74, 6) is -1.40. The van der Waals surface area contributed by atoms with Crippen LogP contribution < -0.4 is 10.1 Å². The van der Waals surface area contributed by atoms with Gasteiger partial charge in [0.1, 0.15) is 11.6 Å². The molecule has 12 heteroatoms. The van der Waals surface area contributed by atoms with Crippen molar-refractivity contribution in [2.24, 2.45) is 5.92 Å². The molecule has 1 unspecified atom stereocenters. The number of aromatic amines is 1. The van der Waals surface area contributed by atoms with Crippen LogP contribution in [0.4, 0.5) is 13.2 Å². The van der Waals surface area contributed by atoms with Crippen LogP contribution in [0.5, 0.6) is 5.75 Å². The van der Waals surface area contributed by atoms with Crippen LogP contribution >= 0.6 is 0 Å². The molecule has 0 radical (unpaired) electrons. The maximum absolute atomic E-state index is 12.8. The number of nitrogens with zero attached hydrogens (tertiary/aromatic N) is 5. The fourth-order valence-electron chi connectivity index (χ4n) is 2.94. The number of ether oxygens (including phenoxy) is 1. The third-order valence-corrected chi connectivity index (χ3v) is 4.66. The number of rotatable bonds is 7. The van der Waals surface area contributed by atoms with E-state index in [-0.39, 0.29) is 29.6 Å². The van der Waals surface area contributed by atoms with Gasteiger partial charge < -0.3 is 10.1 Å². The summed E-state index contributed by atoms with van der Waals surface area (Å²) in [7, 11) is 1.58. The Balaban J connectivity index is 1.79. The van der Waals surface area contributed by atoms with Crippen molar-refractivity contribution in [3.05, 3.63) is 47.3 Å². The largest absolute Gasteiger partial charge is 0.496 e. The zero-order valence-corrected chi connectivity index (χ0v) is 17.4. The molecule has 3 rings (SSSR count). The minimum absolute atomic E-state index is 0.0828. The van der Waals surface area contributed by atoms with Gasteiger partial charge in [-0.05, 0) is 30.9 Å². The minimum atomic E-state index is -4.68. The molecule has 166 valence electrons. The molecule has 1 aromatic carbocycles. The number of carbonyl (C=O) groups excluding carboxylic acids is 1. The Morgan fingerprint density at radius 3 is 2.58 bits per heavy atom. The predicted octanol–water partition coefficient (Wildman–Crippen LogP) is 2.72. The first-order valence-electron chi connectivity index (χ1n) is 9.46. The highest BCUT2D eigenvalue weighted by Gasteiger charge is 2.36. The van der Waals surface area contributed by atoms with Crippen molar-refractivity contribution >= 4 is 5.91 Å². The molecule has 31 heavy (non-hydrogen) atoms. The summed E-state index contributed by atoms with van der Waals surface area (Å²) in [6.07, 6.45) is -4.16. The van der Waals surface area contributed by atoms with Crippen LogP contribution in [0, 0.1) is 12.8 Å². The summed E-state index contributed by atoms with van der Waals surface area (Å²) in [4.78, 5) is 20.2. The van der Waals surface area contributed by atoms with Gasteiger partial charge in [0.2, 0.25) is 11.6 Å². The van der Waals surface area contributed by atoms with E-state index in [9.17, 15) is 18.0 Å². The molecule has 0 spiro atoms. The van der Waals surface area contributed by atoms with Crippen LogP contribution in [-0.4, -0.2) is 49.0 Å². The van der Waals surface area contributed by atoms with Gasteiger partial charge in [-0.15, -0.1) is 10.2 Å². The summed E-state index contributed by atoms with van der Waals surface area (Å²) in [5, 5.41) is 12.2. The van der Waals surface area contributed by atoms with Crippen LogP contribution in [0.25, 0.3) is 5.95 Å². The number of amides is 1. The lowest BCUT2D eigenvalue weighted by Crippen LogP contribution is -2.40. The highest BCUT2D eigenvalue weighted by molar-refractivity contribution is 5.90. The smallest absolute Gasteiger partial charge is 0.451 e. The quantitative estimate of drug-likeness (QED) is 0.588. The molecule has 2 heterocycles. The fourth-order valence-corrected chi connectivity index (χ4v) is 2.94. The maximum atomic E-state index is 12.8. The summed E-state index contributed by atoms with van der Waals surface area (Å²) >= 11 is 0. The van der Waals surface area contributed by atoms with E-state index >= 15 is 0 Å². The highest BCUT2D eigenvalue weighted by atomic mass is 19.4. The molecule has 9 nitrogen and oxygen atoms in total. The Morgan fingerprint density at radius 1 is 1.26 bits per heavy atom. The molecular weight excluding hydrogens is 415 g/mol. The Morgan fingerprint density at radius 2 is 1.97 bits per heavy atom. The van der Waals surface area contributed by atoms with Gasteiger partial charge >= 0.3 is 6.18 Å². The summed E-state index contributed by atoms with van der Waals surface area (Å²) in [6.45, 7) is 5.41. The molecule has 3 aromatic rings. The van der Waals surface area contributed by atoms with Crippen LogP contribution in [0.15, 0.2) is 24.3 Å². The second kappa shape index (κ2) is 8.74. The van der Waals surface area contributed by atoms with Gasteiger partial charge in [-0.1, -0.05) is 32.0 Å². The lowest BCUT2D eigenvalue weighted by Gasteiger charge is -2.22. The SMILES string of the molecule is COc1ccccc1CC(NC(=O)c1nc(C)n(-c2n[nH]c(C(F)(F)F)n2)n1)C(C)C. The van der Waals surface area contributed by atoms with Crippen molar-refractivity contribution in [3.8, 4) is 11.7 Å². The molecule has 0 aliphatic heterocycles. The van der Waals surface area contributed by atoms with Gasteiger partial charge in [0.15, 0.2) is 0 Å². The number of alkyl halides is 3. The van der Waals surface area contributed by atoms with Crippen LogP contribution in [0.3, 0.4) is 0 Å². The van der Waals surface area contributed by atoms with Crippen molar-refractivity contribution in [1.29, 1.82) is 0 Å². The fraction of sp³-hybridized carbons (Fsp3) is 0.421. The minimum Gasteiger partial charge on any atom is -0.496 e. The average Bonchev–Trinajstić information content (AvgIpc) is 3.34. The van der Waals surface area contributed by atoms with E-state index in [0.29, 0.717) is 12.2 Å². The van der Waals surface area contributed by atoms with Crippen molar-refractivity contribution in [2.75, 3.05) is 7.11 Å². The van der Waals surface area contributed by atoms with E-state index < -0.39 is 17.9 Å². The standard InChI is InChI=1S/C19H22F3N7O2/c1-10(2)13(9-12-7-5-6-8-14(12)31-4)24-16(30)15-23-11(3)29(28-15)18-25-17(26-27-18)19(20,21)22/h5-8,10,13H,9H2,1-4H3,(H,24,30)(H,25,26,27). The second-order valence-electron chi connectivity index (χ2n) is 7.22. The van der Waals surface area contributed by atoms with E-state index in [1.165, 1.54) is 6.92 Å². The molecule has 0 aliphatic carbocycles. The number of methoxy groups -OCH3 is 1. The second-order valence-corrected chi connectivity index (χ2v) is 7.22. The summed E-state index contributed by atoms with van der Waals surface area (Å²) < 4.78 is 44.6. The lowest BCUT2D eigenvalue weighted by atomic mass is 9.95. The van der Waals surface area contributed by atoms with E-state index in [1.807, 2.05) is 43.2 Å². The maximum Gasteiger partial charge on any atom is 0.451 e. The van der Waals surface area contributed by atoms with Crippen LogP contribution in [0.2, 0.25) is 0 Å². The Bertz CT molecular complexity index is 1060. The normalized spacial score (nSPS) is 12.8. The highest BCUT2D eigenvalue weighted by Crippen LogP contribution is 2.26. The van der Waals surface area contributed by atoms with Crippen LogP contribution in [-0.2, 0) is 12.6 Å². The van der Waals surface area contributed by atoms with Crippen molar-refractivity contribution in [2.45, 2.75) is 39.4 Å². The number of H-pyrrole nitrogens is 1. The molecule has 1 amide bonds. The first-order chi connectivity index (χ1) is 14.6. The van der Waals surface area contributed by atoms with E-state index in [0.717, 1.165) is 10.2 Å². The number of aryl methyl sites for hydroxylation is 1. The first-order valence-corrected chi connectivity index (χ1v) is 9.46. The molecule has 0 bridgehead atoms. The third kappa shape index (κ3) is 5.01. The van der Waals surface area contributed by atoms with Gasteiger partial charge in [-0.2, -0.15) is 22.8 Å². The van der Waals surface area contributed by atoms with E-state index in [4.69, 9.17) is 4.74 Å². The Hall–Kier alpha value is -3.44. The third-order valence-electron chi connectivity index (χ3n) is 4.66. The predicted molar refractivity (Wildman–Crippen MR) is 104 cm³/mol. The molecule has 0 saturated heterocycles. The van der Waals surface area contributed by atoms with Gasteiger partial charge in [0, 0.05) is 6.04 Å². The number of hydrogen-bond donors (Lipinski definition) is 2. The van der Waals surface area contributed by atoms with E-state index in [2.05, 4.69) is 25.5 Å². The molecule has 2 aromatic heterocycles.